The van der Waals surface area contributed by atoms with Gasteiger partial charge in [0.2, 0.25) is 0 Å². The highest BCUT2D eigenvalue weighted by atomic mass is 16.5. The van der Waals surface area contributed by atoms with Crippen LogP contribution in [0.3, 0.4) is 0 Å². The molecule has 0 bridgehead atoms. The standard InChI is InChI=1S/C24H27NO2/c1-18-9-7-8-12-22(18)17-27-23-14-13-20(15-24(23)26-3)16-25-19(2)21-10-5-4-6-11-21/h4-15,19,25H,16-17H2,1-3H3. The van der Waals surface area contributed by atoms with Gasteiger partial charge in [-0.2, -0.15) is 0 Å². The van der Waals surface area contributed by atoms with Crippen LogP contribution in [0.1, 0.15) is 35.2 Å². The van der Waals surface area contributed by atoms with E-state index in [2.05, 4.69) is 61.6 Å². The third-order valence-corrected chi connectivity index (χ3v) is 4.78. The Balaban J connectivity index is 1.63. The second kappa shape index (κ2) is 9.24. The van der Waals surface area contributed by atoms with Gasteiger partial charge in [0.05, 0.1) is 7.11 Å². The van der Waals surface area contributed by atoms with E-state index < -0.39 is 0 Å². The molecule has 27 heavy (non-hydrogen) atoms. The Bertz CT molecular complexity index is 861. The van der Waals surface area contributed by atoms with Crippen molar-refractivity contribution in [1.29, 1.82) is 0 Å². The van der Waals surface area contributed by atoms with E-state index in [1.54, 1.807) is 7.11 Å². The summed E-state index contributed by atoms with van der Waals surface area (Å²) in [5.74, 6) is 1.52. The van der Waals surface area contributed by atoms with Crippen LogP contribution in [0.25, 0.3) is 0 Å². The molecule has 0 saturated carbocycles. The fraction of sp³-hybridized carbons (Fsp3) is 0.250. The van der Waals surface area contributed by atoms with Gasteiger partial charge in [0.15, 0.2) is 11.5 Å². The molecule has 0 amide bonds. The summed E-state index contributed by atoms with van der Waals surface area (Å²) in [5.41, 5.74) is 4.86. The summed E-state index contributed by atoms with van der Waals surface area (Å²) in [7, 11) is 1.68. The van der Waals surface area contributed by atoms with Crippen molar-refractivity contribution in [2.45, 2.75) is 33.0 Å². The van der Waals surface area contributed by atoms with Gasteiger partial charge in [0, 0.05) is 12.6 Å². The molecular formula is C24H27NO2. The highest BCUT2D eigenvalue weighted by Gasteiger charge is 2.09. The molecule has 0 saturated heterocycles. The molecule has 3 nitrogen and oxygen atoms in total. The van der Waals surface area contributed by atoms with Crippen LogP contribution < -0.4 is 14.8 Å². The molecule has 1 unspecified atom stereocenters. The quantitative estimate of drug-likeness (QED) is 0.580. The minimum Gasteiger partial charge on any atom is -0.493 e. The van der Waals surface area contributed by atoms with E-state index in [0.29, 0.717) is 6.61 Å². The molecule has 0 fully saturated rings. The molecule has 1 atom stereocenters. The molecule has 0 aliphatic rings. The number of hydrogen-bond donors (Lipinski definition) is 1. The molecular weight excluding hydrogens is 334 g/mol. The predicted molar refractivity (Wildman–Crippen MR) is 110 cm³/mol. The Labute approximate surface area is 162 Å². The summed E-state index contributed by atoms with van der Waals surface area (Å²) < 4.78 is 11.5. The average molecular weight is 361 g/mol. The van der Waals surface area contributed by atoms with Crippen LogP contribution in [-0.2, 0) is 13.2 Å². The number of aryl methyl sites for hydroxylation is 1. The second-order valence-corrected chi connectivity index (χ2v) is 6.71. The van der Waals surface area contributed by atoms with E-state index in [4.69, 9.17) is 9.47 Å². The average Bonchev–Trinajstić information content (AvgIpc) is 2.72. The lowest BCUT2D eigenvalue weighted by Gasteiger charge is -2.16. The van der Waals surface area contributed by atoms with E-state index in [0.717, 1.165) is 23.6 Å². The van der Waals surface area contributed by atoms with Gasteiger partial charge in [0.1, 0.15) is 6.61 Å². The fourth-order valence-electron chi connectivity index (χ4n) is 3.00. The Morgan fingerprint density at radius 1 is 0.889 bits per heavy atom. The van der Waals surface area contributed by atoms with Crippen LogP contribution >= 0.6 is 0 Å². The molecule has 3 rings (SSSR count). The fourth-order valence-corrected chi connectivity index (χ4v) is 3.00. The van der Waals surface area contributed by atoms with Gasteiger partial charge in [-0.25, -0.2) is 0 Å². The van der Waals surface area contributed by atoms with E-state index in [-0.39, 0.29) is 6.04 Å². The van der Waals surface area contributed by atoms with Crippen molar-refractivity contribution in [3.8, 4) is 11.5 Å². The molecule has 3 heteroatoms. The highest BCUT2D eigenvalue weighted by Crippen LogP contribution is 2.29. The van der Waals surface area contributed by atoms with Crippen molar-refractivity contribution in [3.63, 3.8) is 0 Å². The first kappa shape index (κ1) is 19.0. The van der Waals surface area contributed by atoms with Crippen molar-refractivity contribution >= 4 is 0 Å². The smallest absolute Gasteiger partial charge is 0.161 e. The van der Waals surface area contributed by atoms with Gasteiger partial charge >= 0.3 is 0 Å². The first-order valence-corrected chi connectivity index (χ1v) is 9.30. The van der Waals surface area contributed by atoms with Crippen molar-refractivity contribution in [2.24, 2.45) is 0 Å². The zero-order valence-electron chi connectivity index (χ0n) is 16.2. The van der Waals surface area contributed by atoms with Gasteiger partial charge in [-0.05, 0) is 48.2 Å². The van der Waals surface area contributed by atoms with Gasteiger partial charge in [-0.1, -0.05) is 60.7 Å². The van der Waals surface area contributed by atoms with Crippen molar-refractivity contribution in [3.05, 3.63) is 95.1 Å². The first-order chi connectivity index (χ1) is 13.2. The van der Waals surface area contributed by atoms with Gasteiger partial charge in [-0.15, -0.1) is 0 Å². The minimum atomic E-state index is 0.286. The maximum absolute atomic E-state index is 6.00. The third kappa shape index (κ3) is 5.11. The number of hydrogen-bond acceptors (Lipinski definition) is 3. The first-order valence-electron chi connectivity index (χ1n) is 9.30. The molecule has 140 valence electrons. The minimum absolute atomic E-state index is 0.286. The van der Waals surface area contributed by atoms with Gasteiger partial charge in [0.25, 0.3) is 0 Å². The molecule has 0 heterocycles. The summed E-state index contributed by atoms with van der Waals surface area (Å²) in [5, 5.41) is 3.55. The summed E-state index contributed by atoms with van der Waals surface area (Å²) in [6.45, 7) is 5.57. The van der Waals surface area contributed by atoms with Crippen molar-refractivity contribution in [1.82, 2.24) is 5.32 Å². The zero-order valence-corrected chi connectivity index (χ0v) is 16.2. The van der Waals surface area contributed by atoms with E-state index in [1.165, 1.54) is 16.7 Å². The topological polar surface area (TPSA) is 30.5 Å². The van der Waals surface area contributed by atoms with Gasteiger partial charge in [-0.3, -0.25) is 0 Å². The number of nitrogens with one attached hydrogen (secondary N) is 1. The molecule has 0 aromatic heterocycles. The third-order valence-electron chi connectivity index (χ3n) is 4.78. The van der Waals surface area contributed by atoms with Crippen LogP contribution in [0, 0.1) is 6.92 Å². The molecule has 0 aliphatic carbocycles. The van der Waals surface area contributed by atoms with Gasteiger partial charge < -0.3 is 14.8 Å². The van der Waals surface area contributed by atoms with Crippen LogP contribution in [0.15, 0.2) is 72.8 Å². The van der Waals surface area contributed by atoms with Crippen LogP contribution in [-0.4, -0.2) is 7.11 Å². The van der Waals surface area contributed by atoms with E-state index >= 15 is 0 Å². The predicted octanol–water partition coefficient (Wildman–Crippen LogP) is 5.43. The molecule has 1 N–H and O–H groups in total. The number of rotatable bonds is 8. The Morgan fingerprint density at radius 3 is 2.37 bits per heavy atom. The summed E-state index contributed by atoms with van der Waals surface area (Å²) in [6, 6.07) is 25.1. The summed E-state index contributed by atoms with van der Waals surface area (Å²) in [6.07, 6.45) is 0. The molecule has 3 aromatic carbocycles. The van der Waals surface area contributed by atoms with E-state index in [9.17, 15) is 0 Å². The maximum atomic E-state index is 6.00. The summed E-state index contributed by atoms with van der Waals surface area (Å²) >= 11 is 0. The molecule has 0 radical (unpaired) electrons. The normalized spacial score (nSPS) is 11.8. The lowest BCUT2D eigenvalue weighted by molar-refractivity contribution is 0.283. The Kier molecular flexibility index (Phi) is 6.50. The van der Waals surface area contributed by atoms with Crippen molar-refractivity contribution in [2.75, 3.05) is 7.11 Å². The van der Waals surface area contributed by atoms with Crippen LogP contribution in [0.5, 0.6) is 11.5 Å². The van der Waals surface area contributed by atoms with Crippen LogP contribution in [0.4, 0.5) is 0 Å². The molecule has 0 spiro atoms. The highest BCUT2D eigenvalue weighted by molar-refractivity contribution is 5.43. The molecule has 0 aliphatic heterocycles. The monoisotopic (exact) mass is 361 g/mol. The SMILES string of the molecule is COc1cc(CNC(C)c2ccccc2)ccc1OCc1ccccc1C. The largest absolute Gasteiger partial charge is 0.493 e. The summed E-state index contributed by atoms with van der Waals surface area (Å²) in [4.78, 5) is 0. The Morgan fingerprint density at radius 2 is 1.63 bits per heavy atom. The number of ether oxygens (including phenoxy) is 2. The molecule has 3 aromatic rings. The zero-order chi connectivity index (χ0) is 19.1. The lowest BCUT2D eigenvalue weighted by atomic mass is 10.1. The van der Waals surface area contributed by atoms with Crippen LogP contribution in [0.2, 0.25) is 0 Å². The number of methoxy groups -OCH3 is 1. The second-order valence-electron chi connectivity index (χ2n) is 6.71. The van der Waals surface area contributed by atoms with E-state index in [1.807, 2.05) is 30.3 Å². The number of benzene rings is 3. The lowest BCUT2D eigenvalue weighted by Crippen LogP contribution is -2.18. The Hall–Kier alpha value is -2.78. The maximum Gasteiger partial charge on any atom is 0.161 e. The van der Waals surface area contributed by atoms with Crippen molar-refractivity contribution < 1.29 is 9.47 Å².